The van der Waals surface area contributed by atoms with E-state index in [-0.39, 0.29) is 0 Å². The van der Waals surface area contributed by atoms with Crippen molar-refractivity contribution in [2.75, 3.05) is 24.5 Å². The van der Waals surface area contributed by atoms with Crippen molar-refractivity contribution in [2.45, 2.75) is 25.3 Å². The Hall–Kier alpha value is -1.95. The van der Waals surface area contributed by atoms with Crippen LogP contribution in [0.1, 0.15) is 18.7 Å². The molecule has 6 heteroatoms. The normalized spacial score (nSPS) is 16.5. The van der Waals surface area contributed by atoms with Crippen LogP contribution in [0.2, 0.25) is 0 Å². The fourth-order valence-corrected chi connectivity index (χ4v) is 2.54. The highest BCUT2D eigenvalue weighted by atomic mass is 16.5. The van der Waals surface area contributed by atoms with Gasteiger partial charge in [-0.15, -0.1) is 0 Å². The minimum absolute atomic E-state index is 0.567. The molecule has 0 atom stereocenters. The van der Waals surface area contributed by atoms with E-state index >= 15 is 0 Å². The molecule has 106 valence electrons. The van der Waals surface area contributed by atoms with Crippen molar-refractivity contribution in [3.8, 4) is 0 Å². The van der Waals surface area contributed by atoms with Gasteiger partial charge in [-0.1, -0.05) is 11.2 Å². The highest BCUT2D eigenvalue weighted by Gasteiger charge is 2.19. The van der Waals surface area contributed by atoms with Crippen molar-refractivity contribution >= 4 is 5.82 Å². The Bertz CT molecular complexity index is 494. The lowest BCUT2D eigenvalue weighted by atomic mass is 10.0. The molecule has 0 amide bonds. The van der Waals surface area contributed by atoms with Crippen LogP contribution in [-0.2, 0) is 6.42 Å². The third kappa shape index (κ3) is 3.33. The van der Waals surface area contributed by atoms with Gasteiger partial charge in [-0.2, -0.15) is 4.98 Å². The third-order valence-electron chi connectivity index (χ3n) is 3.65. The number of hydrogen-bond acceptors (Lipinski definition) is 6. The zero-order valence-electron chi connectivity index (χ0n) is 11.4. The maximum Gasteiger partial charge on any atom is 0.227 e. The van der Waals surface area contributed by atoms with E-state index in [0.29, 0.717) is 11.9 Å². The van der Waals surface area contributed by atoms with Gasteiger partial charge >= 0.3 is 0 Å². The zero-order valence-corrected chi connectivity index (χ0v) is 11.4. The van der Waals surface area contributed by atoms with Crippen molar-refractivity contribution in [3.05, 3.63) is 36.6 Å². The Balaban J connectivity index is 1.40. The molecule has 0 aromatic carbocycles. The lowest BCUT2D eigenvalue weighted by Gasteiger charge is -2.33. The first-order valence-corrected chi connectivity index (χ1v) is 7.07. The average Bonchev–Trinajstić information content (AvgIpc) is 3.02. The summed E-state index contributed by atoms with van der Waals surface area (Å²) in [4.78, 5) is 10.8. The summed E-state index contributed by atoms with van der Waals surface area (Å²) in [5.74, 6) is 1.78. The van der Waals surface area contributed by atoms with Crippen LogP contribution in [0.3, 0.4) is 0 Å². The number of rotatable bonds is 5. The molecule has 0 saturated carbocycles. The summed E-state index contributed by atoms with van der Waals surface area (Å²) in [7, 11) is 0. The molecule has 2 aromatic rings. The van der Waals surface area contributed by atoms with E-state index in [0.717, 1.165) is 44.7 Å². The van der Waals surface area contributed by atoms with Crippen LogP contribution in [0, 0.1) is 0 Å². The second-order valence-corrected chi connectivity index (χ2v) is 4.99. The molecular formula is C14H19N5O. The molecule has 0 aliphatic carbocycles. The Morgan fingerprint density at radius 2 is 2.15 bits per heavy atom. The largest absolute Gasteiger partial charge is 0.357 e. The Morgan fingerprint density at radius 1 is 1.25 bits per heavy atom. The fourth-order valence-electron chi connectivity index (χ4n) is 2.54. The molecule has 20 heavy (non-hydrogen) atoms. The lowest BCUT2D eigenvalue weighted by Crippen LogP contribution is -2.43. The molecule has 1 saturated heterocycles. The summed E-state index contributed by atoms with van der Waals surface area (Å²) in [6, 6.07) is 6.63. The molecule has 1 aliphatic heterocycles. The van der Waals surface area contributed by atoms with Gasteiger partial charge in [0.15, 0.2) is 6.33 Å². The van der Waals surface area contributed by atoms with E-state index in [1.807, 2.05) is 18.3 Å². The number of pyridine rings is 1. The maximum atomic E-state index is 4.98. The first kappa shape index (κ1) is 13.1. The molecule has 0 radical (unpaired) electrons. The van der Waals surface area contributed by atoms with Crippen LogP contribution in [0.5, 0.6) is 0 Å². The van der Waals surface area contributed by atoms with Crippen molar-refractivity contribution in [2.24, 2.45) is 0 Å². The number of piperidine rings is 1. The van der Waals surface area contributed by atoms with Crippen LogP contribution >= 0.6 is 0 Å². The Labute approximate surface area is 118 Å². The third-order valence-corrected chi connectivity index (χ3v) is 3.65. The van der Waals surface area contributed by atoms with Crippen LogP contribution < -0.4 is 10.2 Å². The van der Waals surface area contributed by atoms with Crippen LogP contribution in [0.25, 0.3) is 0 Å². The fraction of sp³-hybridized carbons (Fsp3) is 0.500. The van der Waals surface area contributed by atoms with Gasteiger partial charge in [0.2, 0.25) is 5.89 Å². The summed E-state index contributed by atoms with van der Waals surface area (Å²) in [6.45, 7) is 2.99. The number of hydrogen-bond donors (Lipinski definition) is 1. The van der Waals surface area contributed by atoms with Crippen LogP contribution in [0.15, 0.2) is 35.2 Å². The predicted octanol–water partition coefficient (Wildman–Crippen LogP) is 1.27. The molecule has 0 spiro atoms. The number of nitrogens with zero attached hydrogens (tertiary/aromatic N) is 4. The SMILES string of the molecule is c1ccc(N2CCC(NCCc3ncno3)CC2)nc1. The Morgan fingerprint density at radius 3 is 2.85 bits per heavy atom. The molecule has 6 nitrogen and oxygen atoms in total. The van der Waals surface area contributed by atoms with Gasteiger partial charge < -0.3 is 14.7 Å². The van der Waals surface area contributed by atoms with Gasteiger partial charge in [-0.25, -0.2) is 4.98 Å². The van der Waals surface area contributed by atoms with E-state index in [9.17, 15) is 0 Å². The summed E-state index contributed by atoms with van der Waals surface area (Å²) >= 11 is 0. The van der Waals surface area contributed by atoms with Crippen LogP contribution in [-0.4, -0.2) is 40.8 Å². The standard InChI is InChI=1S/C14H19N5O/c1-2-7-16-13(3-1)19-9-5-12(6-10-19)15-8-4-14-17-11-18-20-14/h1-3,7,11-12,15H,4-6,8-10H2. The summed E-state index contributed by atoms with van der Waals surface area (Å²) in [6.07, 6.45) is 6.37. The van der Waals surface area contributed by atoms with Gasteiger partial charge in [0.1, 0.15) is 5.82 Å². The second-order valence-electron chi connectivity index (χ2n) is 4.99. The molecule has 3 heterocycles. The van der Waals surface area contributed by atoms with Gasteiger partial charge in [0.25, 0.3) is 0 Å². The van der Waals surface area contributed by atoms with Crippen LogP contribution in [0.4, 0.5) is 5.82 Å². The maximum absolute atomic E-state index is 4.98. The number of anilines is 1. The average molecular weight is 273 g/mol. The highest BCUT2D eigenvalue weighted by Crippen LogP contribution is 2.17. The van der Waals surface area contributed by atoms with E-state index in [4.69, 9.17) is 4.52 Å². The first-order chi connectivity index (χ1) is 9.92. The molecule has 1 N–H and O–H groups in total. The molecule has 0 bridgehead atoms. The van der Waals surface area contributed by atoms with E-state index in [1.165, 1.54) is 6.33 Å². The summed E-state index contributed by atoms with van der Waals surface area (Å²) in [5.41, 5.74) is 0. The van der Waals surface area contributed by atoms with E-state index < -0.39 is 0 Å². The summed E-state index contributed by atoms with van der Waals surface area (Å²) in [5, 5.41) is 7.16. The first-order valence-electron chi connectivity index (χ1n) is 7.07. The molecule has 0 unspecified atom stereocenters. The second kappa shape index (κ2) is 6.47. The summed E-state index contributed by atoms with van der Waals surface area (Å²) < 4.78 is 4.98. The monoisotopic (exact) mass is 273 g/mol. The van der Waals surface area contributed by atoms with E-state index in [1.54, 1.807) is 0 Å². The van der Waals surface area contributed by atoms with Crippen molar-refractivity contribution in [1.29, 1.82) is 0 Å². The lowest BCUT2D eigenvalue weighted by molar-refractivity contribution is 0.363. The van der Waals surface area contributed by atoms with Crippen molar-refractivity contribution in [3.63, 3.8) is 0 Å². The number of aromatic nitrogens is 3. The minimum Gasteiger partial charge on any atom is -0.357 e. The molecule has 2 aromatic heterocycles. The highest BCUT2D eigenvalue weighted by molar-refractivity contribution is 5.38. The van der Waals surface area contributed by atoms with Gasteiger partial charge in [-0.3, -0.25) is 0 Å². The molecular weight excluding hydrogens is 254 g/mol. The topological polar surface area (TPSA) is 67.1 Å². The van der Waals surface area contributed by atoms with Gasteiger partial charge in [-0.05, 0) is 25.0 Å². The smallest absolute Gasteiger partial charge is 0.227 e. The zero-order chi connectivity index (χ0) is 13.6. The number of nitrogens with one attached hydrogen (secondary N) is 1. The van der Waals surface area contributed by atoms with Crippen molar-refractivity contribution in [1.82, 2.24) is 20.4 Å². The molecule has 1 fully saturated rings. The van der Waals surface area contributed by atoms with Gasteiger partial charge in [0.05, 0.1) is 0 Å². The van der Waals surface area contributed by atoms with Gasteiger partial charge in [0, 0.05) is 38.3 Å². The van der Waals surface area contributed by atoms with Crippen molar-refractivity contribution < 1.29 is 4.52 Å². The molecule has 1 aliphatic rings. The van der Waals surface area contributed by atoms with E-state index in [2.05, 4.69) is 31.4 Å². The quantitative estimate of drug-likeness (QED) is 0.885. The minimum atomic E-state index is 0.567. The Kier molecular flexibility index (Phi) is 4.22. The molecule has 3 rings (SSSR count). The predicted molar refractivity (Wildman–Crippen MR) is 75.5 cm³/mol.